The first-order chi connectivity index (χ1) is 16.8. The molecule has 0 saturated heterocycles. The highest BCUT2D eigenvalue weighted by Gasteiger charge is 2.25. The van der Waals surface area contributed by atoms with Crippen molar-refractivity contribution in [3.63, 3.8) is 0 Å². The highest BCUT2D eigenvalue weighted by Crippen LogP contribution is 2.25. The summed E-state index contributed by atoms with van der Waals surface area (Å²) in [7, 11) is 0. The van der Waals surface area contributed by atoms with E-state index in [4.69, 9.17) is 16.3 Å². The smallest absolute Gasteiger partial charge is 0.331 e. The third-order valence-corrected chi connectivity index (χ3v) is 5.57. The van der Waals surface area contributed by atoms with Crippen LogP contribution in [-0.4, -0.2) is 40.2 Å². The summed E-state index contributed by atoms with van der Waals surface area (Å²) in [4.78, 5) is 36.8. The number of halogens is 2. The average Bonchev–Trinajstić information content (AvgIpc) is 3.61. The molecule has 2 aromatic carbocycles. The van der Waals surface area contributed by atoms with Gasteiger partial charge in [-0.05, 0) is 62.2 Å². The Labute approximate surface area is 205 Å². The molecule has 1 fully saturated rings. The fourth-order valence-corrected chi connectivity index (χ4v) is 3.59. The fraction of sp³-hybridized carbons (Fsp3) is 0.200. The summed E-state index contributed by atoms with van der Waals surface area (Å²) in [5, 5.41) is 10.0. The number of amides is 2. The molecular formula is C25H22ClFN4O4. The van der Waals surface area contributed by atoms with Gasteiger partial charge in [-0.15, -0.1) is 0 Å². The lowest BCUT2D eigenvalue weighted by Gasteiger charge is -2.11. The number of anilines is 1. The van der Waals surface area contributed by atoms with Crippen LogP contribution in [0.4, 0.5) is 10.1 Å². The van der Waals surface area contributed by atoms with Crippen molar-refractivity contribution in [3.05, 3.63) is 82.4 Å². The van der Waals surface area contributed by atoms with Gasteiger partial charge in [-0.2, -0.15) is 5.10 Å². The monoisotopic (exact) mass is 496 g/mol. The number of carbonyl (C=O) groups excluding carboxylic acids is 3. The van der Waals surface area contributed by atoms with Gasteiger partial charge in [-0.1, -0.05) is 23.7 Å². The van der Waals surface area contributed by atoms with E-state index in [0.29, 0.717) is 28.2 Å². The minimum atomic E-state index is -0.759. The number of nitrogens with one attached hydrogen (secondary N) is 2. The Hall–Kier alpha value is -3.98. The van der Waals surface area contributed by atoms with E-state index in [1.165, 1.54) is 35.0 Å². The molecule has 4 rings (SSSR count). The van der Waals surface area contributed by atoms with E-state index in [1.807, 2.05) is 0 Å². The Kier molecular flexibility index (Phi) is 7.26. The van der Waals surface area contributed by atoms with Gasteiger partial charge in [0.25, 0.3) is 11.8 Å². The van der Waals surface area contributed by atoms with Crippen LogP contribution in [0.15, 0.2) is 54.6 Å². The topological polar surface area (TPSA) is 102 Å². The summed E-state index contributed by atoms with van der Waals surface area (Å²) in [6.07, 6.45) is 4.46. The van der Waals surface area contributed by atoms with Crippen LogP contribution in [0.3, 0.4) is 0 Å². The summed E-state index contributed by atoms with van der Waals surface area (Å²) >= 11 is 6.39. The zero-order chi connectivity index (χ0) is 24.9. The predicted molar refractivity (Wildman–Crippen MR) is 129 cm³/mol. The third kappa shape index (κ3) is 6.13. The third-order valence-electron chi connectivity index (χ3n) is 5.21. The molecule has 1 aromatic heterocycles. The van der Waals surface area contributed by atoms with Gasteiger partial charge in [0.1, 0.15) is 11.0 Å². The van der Waals surface area contributed by atoms with Crippen molar-refractivity contribution in [2.24, 2.45) is 0 Å². The van der Waals surface area contributed by atoms with Crippen LogP contribution < -0.4 is 10.6 Å². The lowest BCUT2D eigenvalue weighted by atomic mass is 10.1. The van der Waals surface area contributed by atoms with Crippen molar-refractivity contribution in [3.8, 4) is 5.69 Å². The molecule has 3 aromatic rings. The van der Waals surface area contributed by atoms with Gasteiger partial charge in [0.15, 0.2) is 6.61 Å². The molecule has 0 bridgehead atoms. The maximum Gasteiger partial charge on any atom is 0.331 e. The number of rotatable bonds is 8. The molecular weight excluding hydrogens is 475 g/mol. The number of nitrogens with zero attached hydrogens (tertiary/aromatic N) is 2. The van der Waals surface area contributed by atoms with E-state index in [0.717, 1.165) is 18.9 Å². The first-order valence-electron chi connectivity index (χ1n) is 10.9. The first kappa shape index (κ1) is 24.2. The van der Waals surface area contributed by atoms with Gasteiger partial charge in [0.05, 0.1) is 22.6 Å². The molecule has 0 spiro atoms. The Morgan fingerprint density at radius 3 is 2.60 bits per heavy atom. The van der Waals surface area contributed by atoms with Crippen LogP contribution in [0.5, 0.6) is 0 Å². The standard InChI is InChI=1S/C25H22ClFN4O4/c1-15-19(24(26)31(30-15)18-10-6-16(27)7-11-18)12-13-23(33)35-14-22(32)29-21-5-3-2-4-20(21)25(34)28-17-8-9-17/h2-7,10-13,17H,8-9,14H2,1H3,(H,28,34)(H,29,32). The normalized spacial score (nSPS) is 13.0. The molecule has 35 heavy (non-hydrogen) atoms. The summed E-state index contributed by atoms with van der Waals surface area (Å²) in [5.41, 5.74) is 2.25. The molecule has 1 saturated carbocycles. The van der Waals surface area contributed by atoms with Crippen molar-refractivity contribution < 1.29 is 23.5 Å². The molecule has 2 amide bonds. The quantitative estimate of drug-likeness (QED) is 0.361. The number of ether oxygens (including phenoxy) is 1. The second-order valence-electron chi connectivity index (χ2n) is 7.96. The molecule has 1 aliphatic rings. The van der Waals surface area contributed by atoms with Gasteiger partial charge in [0.2, 0.25) is 0 Å². The number of esters is 1. The lowest BCUT2D eigenvalue weighted by molar-refractivity contribution is -0.142. The highest BCUT2D eigenvalue weighted by atomic mass is 35.5. The number of hydrogen-bond acceptors (Lipinski definition) is 5. The minimum Gasteiger partial charge on any atom is -0.452 e. The van der Waals surface area contributed by atoms with Crippen molar-refractivity contribution >= 4 is 41.1 Å². The van der Waals surface area contributed by atoms with Crippen LogP contribution in [0.1, 0.15) is 34.5 Å². The molecule has 1 heterocycles. The number of benzene rings is 2. The van der Waals surface area contributed by atoms with E-state index in [9.17, 15) is 18.8 Å². The molecule has 0 radical (unpaired) electrons. The average molecular weight is 497 g/mol. The van der Waals surface area contributed by atoms with Crippen LogP contribution in [0.25, 0.3) is 11.8 Å². The molecule has 0 unspecified atom stereocenters. The second-order valence-corrected chi connectivity index (χ2v) is 8.32. The fourth-order valence-electron chi connectivity index (χ4n) is 3.26. The zero-order valence-electron chi connectivity index (χ0n) is 18.8. The number of carbonyl (C=O) groups is 3. The van der Waals surface area contributed by atoms with Gasteiger partial charge in [-0.25, -0.2) is 13.9 Å². The summed E-state index contributed by atoms with van der Waals surface area (Å²) in [6.45, 7) is 1.17. The Morgan fingerprint density at radius 1 is 1.17 bits per heavy atom. The Bertz CT molecular complexity index is 1300. The summed E-state index contributed by atoms with van der Waals surface area (Å²) < 4.78 is 19.6. The molecule has 0 atom stereocenters. The number of hydrogen-bond donors (Lipinski definition) is 2. The highest BCUT2D eigenvalue weighted by molar-refractivity contribution is 6.31. The van der Waals surface area contributed by atoms with Crippen molar-refractivity contribution in [1.29, 1.82) is 0 Å². The molecule has 0 aliphatic heterocycles. The lowest BCUT2D eigenvalue weighted by Crippen LogP contribution is -2.27. The van der Waals surface area contributed by atoms with Gasteiger partial charge in [0, 0.05) is 17.7 Å². The number of para-hydroxylation sites is 1. The first-order valence-corrected chi connectivity index (χ1v) is 11.3. The maximum absolute atomic E-state index is 13.2. The summed E-state index contributed by atoms with van der Waals surface area (Å²) in [5.74, 6) is -2.00. The molecule has 180 valence electrons. The summed E-state index contributed by atoms with van der Waals surface area (Å²) in [6, 6.07) is 12.4. The van der Waals surface area contributed by atoms with E-state index < -0.39 is 18.5 Å². The zero-order valence-corrected chi connectivity index (χ0v) is 19.5. The van der Waals surface area contributed by atoms with Crippen LogP contribution in [-0.2, 0) is 14.3 Å². The maximum atomic E-state index is 13.2. The number of aryl methyl sites for hydroxylation is 1. The Morgan fingerprint density at radius 2 is 1.89 bits per heavy atom. The van der Waals surface area contributed by atoms with Gasteiger partial charge in [-0.3, -0.25) is 9.59 Å². The van der Waals surface area contributed by atoms with Crippen molar-refractivity contribution in [2.45, 2.75) is 25.8 Å². The van der Waals surface area contributed by atoms with E-state index >= 15 is 0 Å². The van der Waals surface area contributed by atoms with Crippen LogP contribution in [0, 0.1) is 12.7 Å². The molecule has 1 aliphatic carbocycles. The van der Waals surface area contributed by atoms with Crippen LogP contribution >= 0.6 is 11.6 Å². The van der Waals surface area contributed by atoms with Crippen molar-refractivity contribution in [1.82, 2.24) is 15.1 Å². The van der Waals surface area contributed by atoms with Gasteiger partial charge >= 0.3 is 5.97 Å². The molecule has 2 N–H and O–H groups in total. The predicted octanol–water partition coefficient (Wildman–Crippen LogP) is 4.06. The second kappa shape index (κ2) is 10.5. The number of aromatic nitrogens is 2. The SMILES string of the molecule is Cc1nn(-c2ccc(F)cc2)c(Cl)c1C=CC(=O)OCC(=O)Nc1ccccc1C(=O)NC1CC1. The molecule has 8 nitrogen and oxygen atoms in total. The minimum absolute atomic E-state index is 0.180. The van der Waals surface area contributed by atoms with Crippen LogP contribution in [0.2, 0.25) is 5.15 Å². The van der Waals surface area contributed by atoms with Gasteiger partial charge < -0.3 is 15.4 Å². The molecule has 10 heteroatoms. The van der Waals surface area contributed by atoms with E-state index in [2.05, 4.69) is 15.7 Å². The largest absolute Gasteiger partial charge is 0.452 e. The van der Waals surface area contributed by atoms with E-state index in [-0.39, 0.29) is 22.9 Å². The van der Waals surface area contributed by atoms with E-state index in [1.54, 1.807) is 31.2 Å². The Balaban J connectivity index is 1.34. The van der Waals surface area contributed by atoms with Crippen molar-refractivity contribution in [2.75, 3.05) is 11.9 Å².